The minimum atomic E-state index is -3.46. The monoisotopic (exact) mass is 275 g/mol. The van der Waals surface area contributed by atoms with Gasteiger partial charge in [-0.1, -0.05) is 0 Å². The van der Waals surface area contributed by atoms with Crippen LogP contribution in [0.25, 0.3) is 0 Å². The van der Waals surface area contributed by atoms with Gasteiger partial charge in [-0.3, -0.25) is 19.0 Å². The van der Waals surface area contributed by atoms with E-state index in [0.717, 1.165) is 6.26 Å². The Morgan fingerprint density at radius 1 is 1.56 bits per heavy atom. The average Bonchev–Trinajstić information content (AvgIpc) is 2.81. The molecule has 8 nitrogen and oxygen atoms in total. The minimum Gasteiger partial charge on any atom is -0.267 e. The van der Waals surface area contributed by atoms with E-state index in [9.17, 15) is 18.5 Å². The zero-order valence-electron chi connectivity index (χ0n) is 9.72. The first-order valence-corrected chi connectivity index (χ1v) is 7.23. The third-order valence-corrected chi connectivity index (χ3v) is 3.46. The first-order chi connectivity index (χ1) is 8.35. The fraction of sp³-hybridized carbons (Fsp3) is 0.667. The van der Waals surface area contributed by atoms with Crippen LogP contribution in [-0.4, -0.2) is 35.5 Å². The number of hydrogen-bond donors (Lipinski definition) is 0. The summed E-state index contributed by atoms with van der Waals surface area (Å²) in [5.74, 6) is 0. The zero-order valence-corrected chi connectivity index (χ0v) is 10.5. The van der Waals surface area contributed by atoms with Crippen molar-refractivity contribution < 1.29 is 17.5 Å². The van der Waals surface area contributed by atoms with E-state index in [1.807, 2.05) is 0 Å². The minimum absolute atomic E-state index is 0.0505. The summed E-state index contributed by atoms with van der Waals surface area (Å²) in [4.78, 5) is 10.0. The first-order valence-electron chi connectivity index (χ1n) is 5.42. The van der Waals surface area contributed by atoms with E-state index in [-0.39, 0.29) is 17.8 Å². The number of aromatic nitrogens is 2. The van der Waals surface area contributed by atoms with E-state index in [0.29, 0.717) is 19.3 Å². The van der Waals surface area contributed by atoms with E-state index in [1.165, 1.54) is 17.1 Å². The van der Waals surface area contributed by atoms with E-state index in [4.69, 9.17) is 4.18 Å². The molecule has 0 aliphatic heterocycles. The Balaban J connectivity index is 2.02. The van der Waals surface area contributed by atoms with Gasteiger partial charge in [0, 0.05) is 0 Å². The molecule has 0 N–H and O–H groups in total. The molecule has 0 amide bonds. The highest BCUT2D eigenvalue weighted by atomic mass is 32.2. The lowest BCUT2D eigenvalue weighted by atomic mass is 10.2. The van der Waals surface area contributed by atoms with E-state index >= 15 is 0 Å². The summed E-state index contributed by atoms with van der Waals surface area (Å²) < 4.78 is 28.4. The second kappa shape index (κ2) is 4.65. The molecular weight excluding hydrogens is 262 g/mol. The zero-order chi connectivity index (χ0) is 13.3. The number of rotatable bonds is 4. The predicted octanol–water partition coefficient (Wildman–Crippen LogP) is 0.861. The van der Waals surface area contributed by atoms with Crippen LogP contribution in [-0.2, 0) is 14.3 Å². The average molecular weight is 275 g/mol. The molecule has 1 fully saturated rings. The fourth-order valence-corrected chi connectivity index (χ4v) is 2.78. The molecule has 0 spiro atoms. The summed E-state index contributed by atoms with van der Waals surface area (Å²) in [6.07, 6.45) is 4.97. The molecule has 0 radical (unpaired) electrons. The summed E-state index contributed by atoms with van der Waals surface area (Å²) in [5.41, 5.74) is -0.0671. The van der Waals surface area contributed by atoms with Gasteiger partial charge in [0.15, 0.2) is 0 Å². The maximum Gasteiger partial charge on any atom is 0.307 e. The van der Waals surface area contributed by atoms with Crippen molar-refractivity contribution >= 4 is 15.8 Å². The number of nitro groups is 1. The summed E-state index contributed by atoms with van der Waals surface area (Å²) in [5, 5.41) is 14.4. The van der Waals surface area contributed by atoms with E-state index in [2.05, 4.69) is 5.10 Å². The molecule has 1 aromatic heterocycles. The second-order valence-corrected chi connectivity index (χ2v) is 5.93. The molecule has 1 aliphatic rings. The van der Waals surface area contributed by atoms with Gasteiger partial charge in [0.05, 0.1) is 23.3 Å². The molecule has 18 heavy (non-hydrogen) atoms. The van der Waals surface area contributed by atoms with Crippen molar-refractivity contribution in [2.75, 3.05) is 6.26 Å². The molecule has 2 rings (SSSR count). The first kappa shape index (κ1) is 13.0. The highest BCUT2D eigenvalue weighted by molar-refractivity contribution is 7.86. The summed E-state index contributed by atoms with van der Waals surface area (Å²) in [6.45, 7) is 0. The number of hydrogen-bond acceptors (Lipinski definition) is 6. The third-order valence-electron chi connectivity index (χ3n) is 2.84. The summed E-state index contributed by atoms with van der Waals surface area (Å²) in [7, 11) is -3.46. The molecular formula is C9H13N3O5S. The van der Waals surface area contributed by atoms with Gasteiger partial charge < -0.3 is 0 Å². The number of nitrogens with zero attached hydrogens (tertiary/aromatic N) is 3. The molecule has 1 heterocycles. The van der Waals surface area contributed by atoms with Crippen LogP contribution in [0.3, 0.4) is 0 Å². The van der Waals surface area contributed by atoms with Crippen molar-refractivity contribution in [3.8, 4) is 0 Å². The van der Waals surface area contributed by atoms with Crippen molar-refractivity contribution in [1.82, 2.24) is 9.78 Å². The molecule has 100 valence electrons. The Kier molecular flexibility index (Phi) is 3.35. The van der Waals surface area contributed by atoms with Crippen molar-refractivity contribution in [3.63, 3.8) is 0 Å². The summed E-state index contributed by atoms with van der Waals surface area (Å²) >= 11 is 0. The van der Waals surface area contributed by atoms with Gasteiger partial charge in [-0.05, 0) is 19.3 Å². The standard InChI is InChI=1S/C9H13N3O5S/c1-18(15,16)17-9-3-2-7(4-9)11-6-8(5-10-11)12(13)14/h5-7,9H,2-4H2,1H3/t7-,9-/m0/s1. The Bertz CT molecular complexity index is 552. The van der Waals surface area contributed by atoms with Crippen LogP contribution in [0, 0.1) is 10.1 Å². The van der Waals surface area contributed by atoms with Crippen LogP contribution in [0.15, 0.2) is 12.4 Å². The molecule has 0 aromatic carbocycles. The van der Waals surface area contributed by atoms with Crippen molar-refractivity contribution in [2.45, 2.75) is 31.4 Å². The highest BCUT2D eigenvalue weighted by Crippen LogP contribution is 2.32. The second-order valence-electron chi connectivity index (χ2n) is 4.32. The fourth-order valence-electron chi connectivity index (χ4n) is 2.11. The van der Waals surface area contributed by atoms with Crippen LogP contribution >= 0.6 is 0 Å². The van der Waals surface area contributed by atoms with Crippen LogP contribution < -0.4 is 0 Å². The van der Waals surface area contributed by atoms with E-state index < -0.39 is 15.0 Å². The summed E-state index contributed by atoms with van der Waals surface area (Å²) in [6, 6.07) is -0.0505. The smallest absolute Gasteiger partial charge is 0.267 e. The van der Waals surface area contributed by atoms with Gasteiger partial charge in [-0.15, -0.1) is 0 Å². The maximum atomic E-state index is 11.0. The van der Waals surface area contributed by atoms with Crippen LogP contribution in [0.4, 0.5) is 5.69 Å². The Morgan fingerprint density at radius 2 is 2.28 bits per heavy atom. The van der Waals surface area contributed by atoms with Gasteiger partial charge in [-0.2, -0.15) is 13.5 Å². The molecule has 1 aromatic rings. The van der Waals surface area contributed by atoms with Crippen LogP contribution in [0.5, 0.6) is 0 Å². The van der Waals surface area contributed by atoms with Crippen molar-refractivity contribution in [1.29, 1.82) is 0 Å². The highest BCUT2D eigenvalue weighted by Gasteiger charge is 2.30. The maximum absolute atomic E-state index is 11.0. The lowest BCUT2D eigenvalue weighted by Gasteiger charge is -2.11. The predicted molar refractivity (Wildman–Crippen MR) is 61.5 cm³/mol. The largest absolute Gasteiger partial charge is 0.307 e. The van der Waals surface area contributed by atoms with Crippen molar-refractivity contribution in [3.05, 3.63) is 22.5 Å². The van der Waals surface area contributed by atoms with Gasteiger partial charge in [0.1, 0.15) is 12.4 Å². The topological polar surface area (TPSA) is 104 Å². The molecule has 1 aliphatic carbocycles. The van der Waals surface area contributed by atoms with Crippen molar-refractivity contribution in [2.24, 2.45) is 0 Å². The van der Waals surface area contributed by atoms with Gasteiger partial charge in [0.2, 0.25) is 0 Å². The van der Waals surface area contributed by atoms with Gasteiger partial charge in [0.25, 0.3) is 10.1 Å². The Labute approximate surface area is 104 Å². The van der Waals surface area contributed by atoms with Crippen LogP contribution in [0.1, 0.15) is 25.3 Å². The molecule has 1 saturated carbocycles. The van der Waals surface area contributed by atoms with Gasteiger partial charge in [-0.25, -0.2) is 0 Å². The molecule has 0 unspecified atom stereocenters. The quantitative estimate of drug-likeness (QED) is 0.458. The molecule has 0 bridgehead atoms. The lowest BCUT2D eigenvalue weighted by molar-refractivity contribution is -0.385. The van der Waals surface area contributed by atoms with Crippen LogP contribution in [0.2, 0.25) is 0 Å². The molecule has 2 atom stereocenters. The molecule has 9 heteroatoms. The SMILES string of the molecule is CS(=O)(=O)O[C@H]1CC[C@H](n2cc([N+](=O)[O-])cn2)C1. The normalized spacial score (nSPS) is 24.3. The Morgan fingerprint density at radius 3 is 2.83 bits per heavy atom. The molecule has 0 saturated heterocycles. The van der Waals surface area contributed by atoms with E-state index in [1.54, 1.807) is 0 Å². The third kappa shape index (κ3) is 3.05. The Hall–Kier alpha value is -1.48. The lowest BCUT2D eigenvalue weighted by Crippen LogP contribution is -2.15. The van der Waals surface area contributed by atoms with Gasteiger partial charge >= 0.3 is 5.69 Å².